The molecule has 0 aromatic carbocycles. The normalized spacial score (nSPS) is 29.6. The Morgan fingerprint density at radius 3 is 2.95 bits per heavy atom. The van der Waals surface area contributed by atoms with E-state index in [1.807, 2.05) is 7.05 Å². The minimum absolute atomic E-state index is 0.0331. The number of carbonyl (C=O) groups is 1. The van der Waals surface area contributed by atoms with E-state index in [1.165, 1.54) is 0 Å². The van der Waals surface area contributed by atoms with Gasteiger partial charge in [-0.3, -0.25) is 14.4 Å². The summed E-state index contributed by atoms with van der Waals surface area (Å²) >= 11 is 0. The van der Waals surface area contributed by atoms with Gasteiger partial charge in [-0.15, -0.1) is 0 Å². The Balaban J connectivity index is 1.56. The first-order chi connectivity index (χ1) is 10.0. The van der Waals surface area contributed by atoms with E-state index < -0.39 is 0 Å². The van der Waals surface area contributed by atoms with Crippen LogP contribution in [0.2, 0.25) is 0 Å². The molecule has 1 N–H and O–H groups in total. The molecule has 1 aromatic rings. The number of rotatable bonds is 3. The molecular weight excluding hydrogens is 268 g/mol. The van der Waals surface area contributed by atoms with Gasteiger partial charge in [0.2, 0.25) is 0 Å². The zero-order valence-electron chi connectivity index (χ0n) is 13.0. The molecule has 6 heteroatoms. The Morgan fingerprint density at radius 1 is 1.48 bits per heavy atom. The van der Waals surface area contributed by atoms with Crippen LogP contribution in [-0.2, 0) is 11.8 Å². The van der Waals surface area contributed by atoms with E-state index >= 15 is 0 Å². The van der Waals surface area contributed by atoms with Crippen LogP contribution in [0, 0.1) is 5.92 Å². The van der Waals surface area contributed by atoms with E-state index in [0.717, 1.165) is 26.1 Å². The topological polar surface area (TPSA) is 59.4 Å². The molecule has 0 unspecified atom stereocenters. The van der Waals surface area contributed by atoms with Gasteiger partial charge in [0.1, 0.15) is 0 Å². The molecule has 21 heavy (non-hydrogen) atoms. The Hall–Kier alpha value is -1.40. The number of hydrogen-bond acceptors (Lipinski definition) is 4. The maximum absolute atomic E-state index is 12.2. The van der Waals surface area contributed by atoms with Crippen LogP contribution in [-0.4, -0.2) is 58.5 Å². The van der Waals surface area contributed by atoms with Gasteiger partial charge in [0.05, 0.1) is 24.5 Å². The molecule has 1 aromatic heterocycles. The average Bonchev–Trinajstić information content (AvgIpc) is 3.03. The summed E-state index contributed by atoms with van der Waals surface area (Å²) in [7, 11) is 1.82. The van der Waals surface area contributed by atoms with Crippen LogP contribution >= 0.6 is 0 Å². The van der Waals surface area contributed by atoms with Crippen LogP contribution in [0.4, 0.5) is 0 Å². The SMILES string of the molecule is CC(C)[C@H]1CN2C[C@@H](NC(=O)c3cnn(C)c3)C[C@H]2CO1. The van der Waals surface area contributed by atoms with E-state index in [0.29, 0.717) is 23.6 Å². The molecular formula is C15H24N4O2. The average molecular weight is 292 g/mol. The standard InChI is InChI=1S/C15H24N4O2/c1-10(2)14-8-19-7-12(4-13(19)9-21-14)17-15(20)11-5-16-18(3)6-11/h5-6,10,12-14H,4,7-9H2,1-3H3,(H,17,20)/t12-,13-,14+/m0/s1. The highest BCUT2D eigenvalue weighted by Crippen LogP contribution is 2.25. The molecule has 0 radical (unpaired) electrons. The summed E-state index contributed by atoms with van der Waals surface area (Å²) in [5.41, 5.74) is 0.624. The third kappa shape index (κ3) is 3.11. The maximum Gasteiger partial charge on any atom is 0.254 e. The fourth-order valence-corrected chi connectivity index (χ4v) is 3.21. The lowest BCUT2D eigenvalue weighted by Crippen LogP contribution is -2.48. The Morgan fingerprint density at radius 2 is 2.29 bits per heavy atom. The summed E-state index contributed by atoms with van der Waals surface area (Å²) in [5, 5.41) is 7.16. The number of hydrogen-bond donors (Lipinski definition) is 1. The molecule has 116 valence electrons. The van der Waals surface area contributed by atoms with Crippen molar-refractivity contribution >= 4 is 5.91 Å². The summed E-state index contributed by atoms with van der Waals surface area (Å²) in [6.07, 6.45) is 4.64. The van der Waals surface area contributed by atoms with E-state index in [2.05, 4.69) is 29.2 Å². The van der Waals surface area contributed by atoms with Crippen molar-refractivity contribution in [2.45, 2.75) is 38.5 Å². The van der Waals surface area contributed by atoms with Crippen molar-refractivity contribution in [2.24, 2.45) is 13.0 Å². The molecule has 2 aliphatic heterocycles. The Bertz CT molecular complexity index is 514. The molecule has 0 saturated carbocycles. The second kappa shape index (κ2) is 5.77. The monoisotopic (exact) mass is 292 g/mol. The number of fused-ring (bicyclic) bond motifs is 1. The minimum atomic E-state index is -0.0331. The fraction of sp³-hybridized carbons (Fsp3) is 0.733. The summed E-state index contributed by atoms with van der Waals surface area (Å²) in [4.78, 5) is 14.6. The van der Waals surface area contributed by atoms with Gasteiger partial charge >= 0.3 is 0 Å². The zero-order chi connectivity index (χ0) is 15.0. The molecule has 3 heterocycles. The van der Waals surface area contributed by atoms with Crippen LogP contribution in [0.15, 0.2) is 12.4 Å². The second-order valence-electron chi connectivity index (χ2n) is 6.53. The number of nitrogens with one attached hydrogen (secondary N) is 1. The van der Waals surface area contributed by atoms with Gasteiger partial charge in [0.25, 0.3) is 5.91 Å². The van der Waals surface area contributed by atoms with Crippen molar-refractivity contribution in [1.82, 2.24) is 20.0 Å². The molecule has 6 nitrogen and oxygen atoms in total. The summed E-state index contributed by atoms with van der Waals surface area (Å²) in [6.45, 7) is 7.07. The van der Waals surface area contributed by atoms with E-state index in [9.17, 15) is 4.79 Å². The largest absolute Gasteiger partial charge is 0.375 e. The van der Waals surface area contributed by atoms with Gasteiger partial charge < -0.3 is 10.1 Å². The number of carbonyl (C=O) groups excluding carboxylic acids is 1. The molecule has 0 aliphatic carbocycles. The molecule has 2 fully saturated rings. The quantitative estimate of drug-likeness (QED) is 0.888. The van der Waals surface area contributed by atoms with Crippen LogP contribution < -0.4 is 5.32 Å². The number of aromatic nitrogens is 2. The van der Waals surface area contributed by atoms with E-state index in [1.54, 1.807) is 17.1 Å². The highest BCUT2D eigenvalue weighted by Gasteiger charge is 2.38. The van der Waals surface area contributed by atoms with Crippen molar-refractivity contribution in [3.05, 3.63) is 18.0 Å². The van der Waals surface area contributed by atoms with Crippen molar-refractivity contribution in [3.8, 4) is 0 Å². The molecule has 2 saturated heterocycles. The highest BCUT2D eigenvalue weighted by molar-refractivity contribution is 5.93. The van der Waals surface area contributed by atoms with Crippen molar-refractivity contribution in [2.75, 3.05) is 19.7 Å². The van der Waals surface area contributed by atoms with Gasteiger partial charge in [0, 0.05) is 38.4 Å². The van der Waals surface area contributed by atoms with Crippen LogP contribution in [0.1, 0.15) is 30.6 Å². The fourth-order valence-electron chi connectivity index (χ4n) is 3.21. The predicted octanol–water partition coefficient (Wildman–Crippen LogP) is 0.648. The maximum atomic E-state index is 12.2. The van der Waals surface area contributed by atoms with Crippen molar-refractivity contribution in [3.63, 3.8) is 0 Å². The smallest absolute Gasteiger partial charge is 0.254 e. The lowest BCUT2D eigenvalue weighted by atomic mass is 10.0. The second-order valence-corrected chi connectivity index (χ2v) is 6.53. The number of morpholine rings is 1. The van der Waals surface area contributed by atoms with E-state index in [4.69, 9.17) is 4.74 Å². The van der Waals surface area contributed by atoms with Crippen LogP contribution in [0.3, 0.4) is 0 Å². The van der Waals surface area contributed by atoms with Gasteiger partial charge in [-0.2, -0.15) is 5.10 Å². The predicted molar refractivity (Wildman–Crippen MR) is 79.0 cm³/mol. The molecule has 1 amide bonds. The first kappa shape index (κ1) is 14.5. The number of nitrogens with zero attached hydrogens (tertiary/aromatic N) is 3. The third-order valence-corrected chi connectivity index (χ3v) is 4.49. The van der Waals surface area contributed by atoms with Crippen LogP contribution in [0.25, 0.3) is 0 Å². The highest BCUT2D eigenvalue weighted by atomic mass is 16.5. The Labute approximate surface area is 125 Å². The molecule has 0 spiro atoms. The lowest BCUT2D eigenvalue weighted by Gasteiger charge is -2.36. The minimum Gasteiger partial charge on any atom is -0.375 e. The number of amides is 1. The molecule has 3 rings (SSSR count). The molecule has 2 aliphatic rings. The first-order valence-electron chi connectivity index (χ1n) is 7.68. The van der Waals surface area contributed by atoms with Gasteiger partial charge in [-0.1, -0.05) is 13.8 Å². The van der Waals surface area contributed by atoms with Crippen molar-refractivity contribution < 1.29 is 9.53 Å². The van der Waals surface area contributed by atoms with E-state index in [-0.39, 0.29) is 11.9 Å². The number of aryl methyl sites for hydroxylation is 1. The summed E-state index contributed by atoms with van der Waals surface area (Å²) in [5.74, 6) is 0.504. The zero-order valence-corrected chi connectivity index (χ0v) is 13.0. The lowest BCUT2D eigenvalue weighted by molar-refractivity contribution is -0.0683. The van der Waals surface area contributed by atoms with Gasteiger partial charge in [0.15, 0.2) is 0 Å². The van der Waals surface area contributed by atoms with Crippen molar-refractivity contribution in [1.29, 1.82) is 0 Å². The third-order valence-electron chi connectivity index (χ3n) is 4.49. The Kier molecular flexibility index (Phi) is 3.99. The van der Waals surface area contributed by atoms with Gasteiger partial charge in [-0.25, -0.2) is 0 Å². The summed E-state index contributed by atoms with van der Waals surface area (Å²) in [6, 6.07) is 0.649. The van der Waals surface area contributed by atoms with Crippen LogP contribution in [0.5, 0.6) is 0 Å². The molecule has 3 atom stereocenters. The number of ether oxygens (including phenoxy) is 1. The summed E-state index contributed by atoms with van der Waals surface area (Å²) < 4.78 is 7.57. The molecule has 0 bridgehead atoms. The first-order valence-corrected chi connectivity index (χ1v) is 7.68. The van der Waals surface area contributed by atoms with Gasteiger partial charge in [-0.05, 0) is 12.3 Å².